The highest BCUT2D eigenvalue weighted by Gasteiger charge is 2.22. The topological polar surface area (TPSA) is 104 Å². The van der Waals surface area contributed by atoms with Gasteiger partial charge in [-0.1, -0.05) is 48.0 Å². The molecule has 7 nitrogen and oxygen atoms in total. The lowest BCUT2D eigenvalue weighted by Crippen LogP contribution is -2.17. The number of aryl methyl sites for hydroxylation is 1. The zero-order valence-electron chi connectivity index (χ0n) is 14.4. The molecule has 2 aromatic carbocycles. The van der Waals surface area contributed by atoms with Gasteiger partial charge in [0, 0.05) is 12.1 Å². The van der Waals surface area contributed by atoms with E-state index in [9.17, 15) is 13.2 Å². The summed E-state index contributed by atoms with van der Waals surface area (Å²) >= 11 is 0. The van der Waals surface area contributed by atoms with Crippen molar-refractivity contribution in [2.75, 3.05) is 5.73 Å². The first-order chi connectivity index (χ1) is 12.9. The van der Waals surface area contributed by atoms with E-state index >= 15 is 0 Å². The van der Waals surface area contributed by atoms with Crippen LogP contribution in [0.15, 0.2) is 71.6 Å². The summed E-state index contributed by atoms with van der Waals surface area (Å²) in [4.78, 5) is 11.9. The van der Waals surface area contributed by atoms with E-state index in [4.69, 9.17) is 10.5 Å². The van der Waals surface area contributed by atoms with Gasteiger partial charge in [-0.15, -0.1) is 9.19 Å². The number of nitrogen functional groups attached to an aromatic ring is 1. The van der Waals surface area contributed by atoms with Gasteiger partial charge in [0.25, 0.3) is 10.0 Å². The molecular formula is C19H17N3O4S. The molecular weight excluding hydrogens is 366 g/mol. The van der Waals surface area contributed by atoms with Crippen LogP contribution in [0.25, 0.3) is 6.08 Å². The molecule has 8 heteroatoms. The summed E-state index contributed by atoms with van der Waals surface area (Å²) in [7, 11) is -3.99. The SMILES string of the molecule is Cc1ccc(S(=O)(=O)n2nc(OC(=O)/C=C\c3ccccc3)cc2N)cc1. The molecule has 0 bridgehead atoms. The molecule has 1 aromatic heterocycles. The molecule has 2 N–H and O–H groups in total. The Labute approximate surface area is 156 Å². The Morgan fingerprint density at radius 2 is 1.78 bits per heavy atom. The second kappa shape index (κ2) is 7.46. The molecule has 138 valence electrons. The Bertz CT molecular complexity index is 1090. The minimum Gasteiger partial charge on any atom is -0.403 e. The van der Waals surface area contributed by atoms with Gasteiger partial charge in [-0.2, -0.15) is 8.42 Å². The van der Waals surface area contributed by atoms with Crippen molar-refractivity contribution in [2.45, 2.75) is 11.8 Å². The smallest absolute Gasteiger partial charge is 0.337 e. The van der Waals surface area contributed by atoms with Crippen LogP contribution in [0, 0.1) is 6.92 Å². The number of nitrogens with two attached hydrogens (primary N) is 1. The van der Waals surface area contributed by atoms with Crippen LogP contribution in [0.1, 0.15) is 11.1 Å². The second-order valence-electron chi connectivity index (χ2n) is 5.73. The van der Waals surface area contributed by atoms with Crippen LogP contribution < -0.4 is 10.5 Å². The number of ether oxygens (including phenoxy) is 1. The highest BCUT2D eigenvalue weighted by atomic mass is 32.2. The Kier molecular flexibility index (Phi) is 5.09. The molecule has 0 radical (unpaired) electrons. The normalized spacial score (nSPS) is 11.6. The van der Waals surface area contributed by atoms with Crippen LogP contribution in [0.3, 0.4) is 0 Å². The molecule has 0 spiro atoms. The number of carbonyl (C=O) groups is 1. The quantitative estimate of drug-likeness (QED) is 0.536. The van der Waals surface area contributed by atoms with Crippen LogP contribution in [-0.4, -0.2) is 23.6 Å². The predicted molar refractivity (Wildman–Crippen MR) is 102 cm³/mol. The fourth-order valence-corrected chi connectivity index (χ4v) is 3.47. The number of hydrogen-bond acceptors (Lipinski definition) is 6. The molecule has 0 unspecified atom stereocenters. The molecule has 0 aliphatic rings. The first kappa shape index (κ1) is 18.4. The Morgan fingerprint density at radius 3 is 2.44 bits per heavy atom. The van der Waals surface area contributed by atoms with Gasteiger partial charge in [0.2, 0.25) is 5.88 Å². The highest BCUT2D eigenvalue weighted by molar-refractivity contribution is 7.90. The van der Waals surface area contributed by atoms with E-state index in [0.29, 0.717) is 4.09 Å². The summed E-state index contributed by atoms with van der Waals surface area (Å²) in [6, 6.07) is 16.6. The summed E-state index contributed by atoms with van der Waals surface area (Å²) < 4.78 is 31.0. The monoisotopic (exact) mass is 383 g/mol. The highest BCUT2D eigenvalue weighted by Crippen LogP contribution is 2.21. The number of hydrogen-bond donors (Lipinski definition) is 1. The molecule has 1 heterocycles. The van der Waals surface area contributed by atoms with E-state index in [2.05, 4.69) is 5.10 Å². The van der Waals surface area contributed by atoms with Gasteiger partial charge in [0.05, 0.1) is 4.90 Å². The van der Waals surface area contributed by atoms with E-state index in [1.807, 2.05) is 37.3 Å². The maximum Gasteiger partial charge on any atom is 0.337 e. The number of benzene rings is 2. The van der Waals surface area contributed by atoms with Gasteiger partial charge < -0.3 is 10.5 Å². The molecule has 3 rings (SSSR count). The molecule has 0 fully saturated rings. The number of anilines is 1. The zero-order valence-corrected chi connectivity index (χ0v) is 15.3. The van der Waals surface area contributed by atoms with Crippen molar-refractivity contribution < 1.29 is 17.9 Å². The minimum atomic E-state index is -3.99. The minimum absolute atomic E-state index is 0.0322. The molecule has 0 aliphatic carbocycles. The van der Waals surface area contributed by atoms with Gasteiger partial charge in [-0.05, 0) is 30.7 Å². The molecule has 27 heavy (non-hydrogen) atoms. The molecule has 0 atom stereocenters. The van der Waals surface area contributed by atoms with E-state index in [1.54, 1.807) is 18.2 Å². The van der Waals surface area contributed by atoms with Crippen molar-refractivity contribution in [3.63, 3.8) is 0 Å². The van der Waals surface area contributed by atoms with E-state index in [-0.39, 0.29) is 16.6 Å². The molecule has 0 saturated carbocycles. The van der Waals surface area contributed by atoms with Gasteiger partial charge in [0.1, 0.15) is 5.82 Å². The summed E-state index contributed by atoms with van der Waals surface area (Å²) in [5.74, 6) is -1.06. The average Bonchev–Trinajstić information content (AvgIpc) is 3.02. The molecule has 3 aromatic rings. The summed E-state index contributed by atoms with van der Waals surface area (Å²) in [5.41, 5.74) is 7.49. The van der Waals surface area contributed by atoms with Gasteiger partial charge in [-0.3, -0.25) is 0 Å². The fraction of sp³-hybridized carbons (Fsp3) is 0.0526. The summed E-state index contributed by atoms with van der Waals surface area (Å²) in [5, 5.41) is 3.80. The van der Waals surface area contributed by atoms with Gasteiger partial charge in [0.15, 0.2) is 0 Å². The fourth-order valence-electron chi connectivity index (χ4n) is 2.28. The van der Waals surface area contributed by atoms with Crippen molar-refractivity contribution in [1.29, 1.82) is 0 Å². The van der Waals surface area contributed by atoms with E-state index in [0.717, 1.165) is 11.1 Å². The summed E-state index contributed by atoms with van der Waals surface area (Å²) in [6.07, 6.45) is 2.80. The van der Waals surface area contributed by atoms with Crippen molar-refractivity contribution in [2.24, 2.45) is 0 Å². The first-order valence-corrected chi connectivity index (χ1v) is 9.43. The van der Waals surface area contributed by atoms with E-state index < -0.39 is 16.0 Å². The van der Waals surface area contributed by atoms with Crippen molar-refractivity contribution >= 4 is 27.9 Å². The van der Waals surface area contributed by atoms with Crippen LogP contribution in [-0.2, 0) is 14.8 Å². The number of nitrogens with zero attached hydrogens (tertiary/aromatic N) is 2. The first-order valence-electron chi connectivity index (χ1n) is 7.99. The zero-order chi connectivity index (χ0) is 19.4. The summed E-state index contributed by atoms with van der Waals surface area (Å²) in [6.45, 7) is 1.85. The lowest BCUT2D eigenvalue weighted by molar-refractivity contribution is -0.129. The maximum absolute atomic E-state index is 12.6. The molecule has 0 amide bonds. The second-order valence-corrected chi connectivity index (χ2v) is 7.50. The maximum atomic E-state index is 12.6. The lowest BCUT2D eigenvalue weighted by Gasteiger charge is -2.06. The third kappa shape index (κ3) is 4.24. The number of carbonyl (C=O) groups excluding carboxylic acids is 1. The van der Waals surface area contributed by atoms with Crippen LogP contribution >= 0.6 is 0 Å². The average molecular weight is 383 g/mol. The lowest BCUT2D eigenvalue weighted by atomic mass is 10.2. The van der Waals surface area contributed by atoms with Crippen molar-refractivity contribution in [1.82, 2.24) is 9.19 Å². The predicted octanol–water partition coefficient (Wildman–Crippen LogP) is 2.63. The van der Waals surface area contributed by atoms with Crippen LogP contribution in [0.4, 0.5) is 5.82 Å². The standard InChI is InChI=1S/C19H17N3O4S/c1-14-7-10-16(11-8-14)27(24,25)22-17(20)13-18(21-22)26-19(23)12-9-15-5-3-2-4-6-15/h2-13H,20H2,1H3/b12-9-. The van der Waals surface area contributed by atoms with Gasteiger partial charge >= 0.3 is 5.97 Å². The van der Waals surface area contributed by atoms with Crippen LogP contribution in [0.5, 0.6) is 5.88 Å². The van der Waals surface area contributed by atoms with Crippen molar-refractivity contribution in [3.8, 4) is 5.88 Å². The van der Waals surface area contributed by atoms with E-state index in [1.165, 1.54) is 24.3 Å². The third-order valence-corrected chi connectivity index (χ3v) is 5.26. The van der Waals surface area contributed by atoms with Crippen molar-refractivity contribution in [3.05, 3.63) is 77.9 Å². The Balaban J connectivity index is 1.79. The Morgan fingerprint density at radius 1 is 1.11 bits per heavy atom. The number of esters is 1. The Hall–Kier alpha value is -3.39. The molecule has 0 aliphatic heterocycles. The number of rotatable bonds is 5. The van der Waals surface area contributed by atoms with Gasteiger partial charge in [-0.25, -0.2) is 4.79 Å². The third-order valence-electron chi connectivity index (χ3n) is 3.64. The number of aromatic nitrogens is 2. The largest absolute Gasteiger partial charge is 0.403 e. The van der Waals surface area contributed by atoms with Crippen LogP contribution in [0.2, 0.25) is 0 Å². The molecule has 0 saturated heterocycles.